The van der Waals surface area contributed by atoms with E-state index in [2.05, 4.69) is 161 Å². The van der Waals surface area contributed by atoms with Crippen LogP contribution in [-0.2, 0) is 65.4 Å². The van der Waals surface area contributed by atoms with Crippen LogP contribution in [0.2, 0.25) is 0 Å². The van der Waals surface area contributed by atoms with Crippen LogP contribution in [0.1, 0.15) is 272 Å². The summed E-state index contributed by atoms with van der Waals surface area (Å²) in [5.74, 6) is -2.42. The molecule has 0 aromatic heterocycles. The standard InChI is InChI=1S/C83H134O17P2/c1-5-9-13-17-21-25-29-32-35-37-38-40-43-45-49-52-56-60-64-68-81(86)94-74-79(100-83(88)70-66-62-58-54-50-46-41-34-31-27-23-19-15-11-7-3)76-98-102(91,92)96-72-77(84)71-95-101(89,90)97-75-78(99-82(87)69-65-61-57-53-47-28-24-20-16-12-8-4)73-93-80(85)67-63-59-55-51-48-44-42-39-36-33-30-26-22-18-14-10-6-2/h9-11,13-15,21-23,25-27,32-36,38,40-42,44,50-51,54-55,62,66,77-79,84H,5-8,12,16-20,24,28-31,37,39,43,45-49,52-53,56-61,63-65,67-76H2,1-4H3,(H,89,90)(H,91,92)/b13-9-,14-10-,15-11-,25-21-,26-22-,27-23-,35-32-,36-33-,40-38-,41-34-,44-42-,54-50-,55-51-,66-62-. The Morgan fingerprint density at radius 2 is 0.559 bits per heavy atom. The van der Waals surface area contributed by atoms with Crippen molar-refractivity contribution in [3.05, 3.63) is 170 Å². The zero-order valence-corrected chi connectivity index (χ0v) is 64.8. The Morgan fingerprint density at radius 1 is 0.294 bits per heavy atom. The van der Waals surface area contributed by atoms with E-state index in [1.54, 1.807) is 12.2 Å². The lowest BCUT2D eigenvalue weighted by Crippen LogP contribution is -2.30. The van der Waals surface area contributed by atoms with Gasteiger partial charge in [0.05, 0.1) is 32.8 Å². The van der Waals surface area contributed by atoms with Crippen molar-refractivity contribution in [3.63, 3.8) is 0 Å². The van der Waals surface area contributed by atoms with Gasteiger partial charge in [0.2, 0.25) is 0 Å². The number of ether oxygens (including phenoxy) is 4. The third-order valence-corrected chi connectivity index (χ3v) is 17.1. The highest BCUT2D eigenvalue weighted by atomic mass is 31.2. The lowest BCUT2D eigenvalue weighted by molar-refractivity contribution is -0.161. The van der Waals surface area contributed by atoms with Gasteiger partial charge in [-0.15, -0.1) is 0 Å². The Labute approximate surface area is 616 Å². The van der Waals surface area contributed by atoms with Crippen molar-refractivity contribution in [1.29, 1.82) is 0 Å². The Hall–Kier alpha value is -5.58. The monoisotopic (exact) mass is 1460 g/mol. The fraction of sp³-hybridized carbons (Fsp3) is 0.614. The van der Waals surface area contributed by atoms with Gasteiger partial charge >= 0.3 is 39.5 Å². The molecule has 0 radical (unpaired) electrons. The highest BCUT2D eigenvalue weighted by Gasteiger charge is 2.30. The smallest absolute Gasteiger partial charge is 0.462 e. The summed E-state index contributed by atoms with van der Waals surface area (Å²) in [5.41, 5.74) is 0. The molecule has 0 aromatic carbocycles. The van der Waals surface area contributed by atoms with Crippen LogP contribution in [0, 0.1) is 0 Å². The molecule has 0 saturated heterocycles. The average molecular weight is 1470 g/mol. The molecule has 102 heavy (non-hydrogen) atoms. The van der Waals surface area contributed by atoms with E-state index in [0.717, 1.165) is 148 Å². The lowest BCUT2D eigenvalue weighted by atomic mass is 10.1. The van der Waals surface area contributed by atoms with Crippen LogP contribution in [0.3, 0.4) is 0 Å². The minimum atomic E-state index is -5.01. The number of phosphoric ester groups is 2. The van der Waals surface area contributed by atoms with E-state index in [-0.39, 0.29) is 25.7 Å². The van der Waals surface area contributed by atoms with Crippen LogP contribution in [-0.4, -0.2) is 96.7 Å². The largest absolute Gasteiger partial charge is 0.472 e. The van der Waals surface area contributed by atoms with E-state index in [1.807, 2.05) is 24.3 Å². The van der Waals surface area contributed by atoms with E-state index < -0.39 is 97.5 Å². The van der Waals surface area contributed by atoms with Crippen LogP contribution < -0.4 is 0 Å². The second-order valence-corrected chi connectivity index (χ2v) is 27.7. The second-order valence-electron chi connectivity index (χ2n) is 24.8. The summed E-state index contributed by atoms with van der Waals surface area (Å²) in [5, 5.41) is 10.6. The number of hydrogen-bond acceptors (Lipinski definition) is 15. The summed E-state index contributed by atoms with van der Waals surface area (Å²) >= 11 is 0. The van der Waals surface area contributed by atoms with Gasteiger partial charge in [0.15, 0.2) is 12.2 Å². The zero-order valence-electron chi connectivity index (χ0n) is 63.0. The normalized spacial score (nSPS) is 14.9. The van der Waals surface area contributed by atoms with Gasteiger partial charge < -0.3 is 33.8 Å². The number of esters is 4. The number of aliphatic hydroxyl groups is 1. The molecule has 5 unspecified atom stereocenters. The van der Waals surface area contributed by atoms with E-state index in [0.29, 0.717) is 32.1 Å². The molecule has 578 valence electrons. The van der Waals surface area contributed by atoms with Gasteiger partial charge in [-0.1, -0.05) is 288 Å². The molecule has 0 saturated carbocycles. The summed E-state index contributed by atoms with van der Waals surface area (Å²) in [6.45, 7) is 4.30. The van der Waals surface area contributed by atoms with Crippen LogP contribution in [0.15, 0.2) is 170 Å². The molecule has 17 nitrogen and oxygen atoms in total. The Bertz CT molecular complexity index is 2600. The van der Waals surface area contributed by atoms with Crippen molar-refractivity contribution in [2.75, 3.05) is 39.6 Å². The number of unbranched alkanes of at least 4 members (excludes halogenated alkanes) is 17. The van der Waals surface area contributed by atoms with Crippen molar-refractivity contribution in [2.45, 2.75) is 290 Å². The van der Waals surface area contributed by atoms with Gasteiger partial charge in [-0.3, -0.25) is 37.3 Å². The van der Waals surface area contributed by atoms with E-state index >= 15 is 0 Å². The third kappa shape index (κ3) is 72.8. The number of carbonyl (C=O) groups excluding carboxylic acids is 4. The van der Waals surface area contributed by atoms with Crippen LogP contribution in [0.5, 0.6) is 0 Å². The third-order valence-electron chi connectivity index (χ3n) is 15.2. The van der Waals surface area contributed by atoms with Gasteiger partial charge in [-0.05, 0) is 128 Å². The molecular weight excluding hydrogens is 1330 g/mol. The fourth-order valence-corrected chi connectivity index (χ4v) is 11.1. The summed E-state index contributed by atoms with van der Waals surface area (Å²) in [7, 11) is -10.0. The van der Waals surface area contributed by atoms with Crippen LogP contribution in [0.4, 0.5) is 0 Å². The van der Waals surface area contributed by atoms with E-state index in [1.165, 1.54) is 38.5 Å². The number of allylic oxidation sites excluding steroid dienone is 27. The van der Waals surface area contributed by atoms with Gasteiger partial charge in [0.1, 0.15) is 19.3 Å². The van der Waals surface area contributed by atoms with Gasteiger partial charge in [-0.2, -0.15) is 0 Å². The molecule has 3 N–H and O–H groups in total. The zero-order chi connectivity index (χ0) is 74.6. The number of rotatable bonds is 70. The van der Waals surface area contributed by atoms with Crippen molar-refractivity contribution in [1.82, 2.24) is 0 Å². The first kappa shape index (κ1) is 96.4. The van der Waals surface area contributed by atoms with Crippen LogP contribution >= 0.6 is 15.6 Å². The molecule has 5 atom stereocenters. The first-order chi connectivity index (χ1) is 49.7. The maximum absolute atomic E-state index is 13.1. The average Bonchev–Trinajstić information content (AvgIpc) is 0.926. The highest BCUT2D eigenvalue weighted by Crippen LogP contribution is 2.45. The highest BCUT2D eigenvalue weighted by molar-refractivity contribution is 7.47. The molecule has 0 spiro atoms. The maximum Gasteiger partial charge on any atom is 0.472 e. The number of carbonyl (C=O) groups is 4. The van der Waals surface area contributed by atoms with Gasteiger partial charge in [0, 0.05) is 19.3 Å². The van der Waals surface area contributed by atoms with Gasteiger partial charge in [0.25, 0.3) is 0 Å². The SMILES string of the molecule is CC/C=C\C/C=C\C/C=C\C/C=C\C/C=C\CCCC(=O)OCC(COP(=O)(O)OCC(O)COP(=O)(O)OCC(COC(=O)CCCCCCCC/C=C\C/C=C\C/C=C\C/C=C\CC)OC(=O)C/C=C\C/C=C\C/C=C\C/C=C\C/C=C\CC)OC(=O)CCCCCCCCCCCCC. The Morgan fingerprint density at radius 3 is 0.912 bits per heavy atom. The minimum Gasteiger partial charge on any atom is -0.462 e. The van der Waals surface area contributed by atoms with Crippen molar-refractivity contribution in [3.8, 4) is 0 Å². The quantitative estimate of drug-likeness (QED) is 0.0169. The second kappa shape index (κ2) is 73.7. The number of aliphatic hydroxyl groups excluding tert-OH is 1. The summed E-state index contributed by atoms with van der Waals surface area (Å²) < 4.78 is 68.3. The summed E-state index contributed by atoms with van der Waals surface area (Å²) in [6.07, 6.45) is 86.7. The van der Waals surface area contributed by atoms with E-state index in [4.69, 9.17) is 37.0 Å². The summed E-state index contributed by atoms with van der Waals surface area (Å²) in [6, 6.07) is 0. The molecule has 0 aliphatic heterocycles. The number of phosphoric acid groups is 2. The number of hydrogen-bond donors (Lipinski definition) is 3. The fourth-order valence-electron chi connectivity index (χ4n) is 9.50. The topological polar surface area (TPSA) is 237 Å². The first-order valence-electron chi connectivity index (χ1n) is 38.4. The molecule has 0 heterocycles. The minimum absolute atomic E-state index is 0.0769. The molecule has 19 heteroatoms. The van der Waals surface area contributed by atoms with Gasteiger partial charge in [-0.25, -0.2) is 9.13 Å². The molecule has 0 aliphatic carbocycles. The summed E-state index contributed by atoms with van der Waals surface area (Å²) in [4.78, 5) is 72.8. The molecule has 0 fully saturated rings. The Balaban J connectivity index is 5.46. The molecule has 0 rings (SSSR count). The lowest BCUT2D eigenvalue weighted by Gasteiger charge is -2.21. The maximum atomic E-state index is 13.1. The van der Waals surface area contributed by atoms with Crippen LogP contribution in [0.25, 0.3) is 0 Å². The molecule has 0 aliphatic rings. The molecule has 0 amide bonds. The Kier molecular flexibility index (Phi) is 69.7. The molecule has 0 aromatic rings. The van der Waals surface area contributed by atoms with E-state index in [9.17, 15) is 43.2 Å². The van der Waals surface area contributed by atoms with Crippen molar-refractivity contribution >= 4 is 39.5 Å². The first-order valence-corrected chi connectivity index (χ1v) is 41.4. The molecular formula is C83H134O17P2. The van der Waals surface area contributed by atoms with Crippen molar-refractivity contribution < 1.29 is 80.2 Å². The predicted molar refractivity (Wildman–Crippen MR) is 417 cm³/mol. The van der Waals surface area contributed by atoms with Crippen molar-refractivity contribution in [2.24, 2.45) is 0 Å². The molecule has 0 bridgehead atoms. The predicted octanol–water partition coefficient (Wildman–Crippen LogP) is 22.2.